The van der Waals surface area contributed by atoms with Gasteiger partial charge in [0.25, 0.3) is 0 Å². The van der Waals surface area contributed by atoms with Crippen LogP contribution in [0.4, 0.5) is 5.69 Å². The Morgan fingerprint density at radius 3 is 2.36 bits per heavy atom. The third-order valence-corrected chi connectivity index (χ3v) is 10.4. The zero-order chi connectivity index (χ0) is 35.9. The van der Waals surface area contributed by atoms with Gasteiger partial charge in [-0.15, -0.1) is 35.7 Å². The molecule has 3 aromatic heterocycles. The van der Waals surface area contributed by atoms with Crippen LogP contribution in [-0.2, 0) is 27.5 Å². The van der Waals surface area contributed by atoms with Gasteiger partial charge in [0.2, 0.25) is 0 Å². The van der Waals surface area contributed by atoms with Gasteiger partial charge < -0.3 is 14.2 Å². The number of pyridine rings is 1. The predicted molar refractivity (Wildman–Crippen MR) is 213 cm³/mol. The number of nitrogens with zero attached hydrogens (tertiary/aromatic N) is 5. The standard InChI is InChI=1S/C46H47N5O.Pt/c1-30(2)13-14-34-23-38(50-29-36(28-48-50)46-32(5)21-37(22-33(46)6)49-19-9-10-20-49)26-40(24-34)52-39-15-16-42-41-11-7-8-12-43(41)51(44(42)27-39)45-25-35(31(3)4)17-18-47-45;/h7-8,11-12,15-18,21-25,28-31H,9-10,13-14,19-20H2,1-6H3;/q-2;+2. The molecule has 53 heavy (non-hydrogen) atoms. The molecule has 1 fully saturated rings. The molecule has 0 spiro atoms. The first-order valence-corrected chi connectivity index (χ1v) is 18.8. The smallest absolute Gasteiger partial charge is 0.509 e. The fraction of sp³-hybridized carbons (Fsp3) is 0.304. The number of para-hydroxylation sites is 1. The second kappa shape index (κ2) is 15.4. The van der Waals surface area contributed by atoms with Crippen molar-refractivity contribution in [1.29, 1.82) is 0 Å². The molecule has 7 heteroatoms. The van der Waals surface area contributed by atoms with E-state index < -0.39 is 0 Å². The van der Waals surface area contributed by atoms with Crippen molar-refractivity contribution in [3.63, 3.8) is 0 Å². The van der Waals surface area contributed by atoms with Gasteiger partial charge in [-0.25, -0.2) is 4.98 Å². The fourth-order valence-electron chi connectivity index (χ4n) is 7.71. The summed E-state index contributed by atoms with van der Waals surface area (Å²) >= 11 is 0. The largest absolute Gasteiger partial charge is 2.00 e. The van der Waals surface area contributed by atoms with Crippen LogP contribution in [0.15, 0.2) is 91.4 Å². The van der Waals surface area contributed by atoms with E-state index in [-0.39, 0.29) is 21.1 Å². The summed E-state index contributed by atoms with van der Waals surface area (Å²) in [6.45, 7) is 15.7. The molecule has 0 bridgehead atoms. The Balaban J connectivity index is 0.00000435. The minimum Gasteiger partial charge on any atom is -0.509 e. The maximum Gasteiger partial charge on any atom is 2.00 e. The van der Waals surface area contributed by atoms with Gasteiger partial charge in [-0.3, -0.25) is 4.68 Å². The Kier molecular flexibility index (Phi) is 10.6. The van der Waals surface area contributed by atoms with Crippen molar-refractivity contribution in [2.75, 3.05) is 18.0 Å². The minimum atomic E-state index is 0. The Hall–Kier alpha value is -4.67. The zero-order valence-electron chi connectivity index (χ0n) is 31.5. The molecule has 8 rings (SSSR count). The third-order valence-electron chi connectivity index (χ3n) is 10.4. The number of benzene rings is 4. The zero-order valence-corrected chi connectivity index (χ0v) is 33.8. The van der Waals surface area contributed by atoms with Gasteiger partial charge >= 0.3 is 21.1 Å². The van der Waals surface area contributed by atoms with Gasteiger partial charge in [0.1, 0.15) is 5.82 Å². The number of anilines is 1. The molecule has 0 amide bonds. The Morgan fingerprint density at radius 1 is 0.830 bits per heavy atom. The number of fused-ring (bicyclic) bond motifs is 3. The van der Waals surface area contributed by atoms with Crippen LogP contribution < -0.4 is 9.64 Å². The van der Waals surface area contributed by atoms with E-state index in [0.29, 0.717) is 23.3 Å². The van der Waals surface area contributed by atoms with Gasteiger partial charge in [0.05, 0.1) is 6.20 Å². The van der Waals surface area contributed by atoms with Crippen LogP contribution in [0.25, 0.3) is 44.4 Å². The van der Waals surface area contributed by atoms with Gasteiger partial charge in [0, 0.05) is 53.7 Å². The molecular weight excluding hydrogens is 834 g/mol. The minimum absolute atomic E-state index is 0. The van der Waals surface area contributed by atoms with Gasteiger partial charge in [-0.1, -0.05) is 57.8 Å². The van der Waals surface area contributed by atoms with Gasteiger partial charge in [-0.2, -0.15) is 16.7 Å². The summed E-state index contributed by atoms with van der Waals surface area (Å²) < 4.78 is 10.8. The average molecular weight is 881 g/mol. The molecule has 4 aromatic carbocycles. The monoisotopic (exact) mass is 880 g/mol. The molecule has 0 unspecified atom stereocenters. The molecule has 0 aliphatic carbocycles. The molecule has 7 aromatic rings. The number of aromatic nitrogens is 4. The van der Waals surface area contributed by atoms with E-state index in [1.807, 2.05) is 23.1 Å². The molecule has 4 heterocycles. The second-order valence-corrected chi connectivity index (χ2v) is 15.1. The summed E-state index contributed by atoms with van der Waals surface area (Å²) in [6.07, 6.45) is 10.6. The van der Waals surface area contributed by atoms with E-state index in [4.69, 9.17) is 14.8 Å². The van der Waals surface area contributed by atoms with Gasteiger partial charge in [-0.05, 0) is 109 Å². The summed E-state index contributed by atoms with van der Waals surface area (Å²) in [7, 11) is 0. The Labute approximate surface area is 328 Å². The number of hydrogen-bond donors (Lipinski definition) is 0. The molecule has 0 N–H and O–H groups in total. The maximum atomic E-state index is 6.65. The summed E-state index contributed by atoms with van der Waals surface area (Å²) in [5, 5.41) is 7.13. The Morgan fingerprint density at radius 2 is 1.60 bits per heavy atom. The van der Waals surface area contributed by atoms with Crippen molar-refractivity contribution >= 4 is 27.5 Å². The van der Waals surface area contributed by atoms with Crippen molar-refractivity contribution in [2.24, 2.45) is 5.92 Å². The van der Waals surface area contributed by atoms with Crippen LogP contribution in [0.2, 0.25) is 0 Å². The SMILES string of the molecule is Cc1cc(N2CCCC2)cc(C)c1-c1cnn(-c2[c-]c(Oc3[c-]c4c(cc3)c3ccccc3n4-c3cc(C(C)C)ccn3)cc(CCC(C)C)c2)c1.[Pt+2]. The van der Waals surface area contributed by atoms with E-state index in [1.165, 1.54) is 46.3 Å². The third kappa shape index (κ3) is 7.44. The number of rotatable bonds is 10. The van der Waals surface area contributed by atoms with E-state index in [9.17, 15) is 0 Å². The number of hydrogen-bond acceptors (Lipinski definition) is 4. The first-order chi connectivity index (χ1) is 25.2. The molecule has 6 nitrogen and oxygen atoms in total. The van der Waals surface area contributed by atoms with Crippen molar-refractivity contribution in [3.05, 3.63) is 126 Å². The molecule has 0 radical (unpaired) electrons. The van der Waals surface area contributed by atoms with Crippen LogP contribution in [-0.4, -0.2) is 32.4 Å². The summed E-state index contributed by atoms with van der Waals surface area (Å²) in [4.78, 5) is 7.31. The number of ether oxygens (including phenoxy) is 1. The normalized spacial score (nSPS) is 13.1. The predicted octanol–water partition coefficient (Wildman–Crippen LogP) is 11.4. The van der Waals surface area contributed by atoms with Crippen LogP contribution in [0.3, 0.4) is 0 Å². The topological polar surface area (TPSA) is 48.1 Å². The van der Waals surface area contributed by atoms with Crippen LogP contribution >= 0.6 is 0 Å². The molecule has 1 saturated heterocycles. The maximum absolute atomic E-state index is 6.65. The van der Waals surface area contributed by atoms with Crippen molar-refractivity contribution in [3.8, 4) is 34.1 Å². The van der Waals surface area contributed by atoms with Crippen LogP contribution in [0.1, 0.15) is 75.1 Å². The second-order valence-electron chi connectivity index (χ2n) is 15.1. The Bertz CT molecular complexity index is 2370. The molecular formula is C46H47N5OPt. The summed E-state index contributed by atoms with van der Waals surface area (Å²) in [6, 6.07) is 33.0. The average Bonchev–Trinajstić information content (AvgIpc) is 3.91. The van der Waals surface area contributed by atoms with Crippen LogP contribution in [0.5, 0.6) is 11.5 Å². The molecule has 0 atom stereocenters. The summed E-state index contributed by atoms with van der Waals surface area (Å²) in [5.41, 5.74) is 11.5. The van der Waals surface area contributed by atoms with Crippen molar-refractivity contribution < 1.29 is 25.8 Å². The van der Waals surface area contributed by atoms with Crippen molar-refractivity contribution in [1.82, 2.24) is 19.3 Å². The van der Waals surface area contributed by atoms with Gasteiger partial charge in [0.15, 0.2) is 0 Å². The fourth-order valence-corrected chi connectivity index (χ4v) is 7.71. The first-order valence-electron chi connectivity index (χ1n) is 18.8. The van der Waals surface area contributed by atoms with Crippen LogP contribution in [0, 0.1) is 31.9 Å². The van der Waals surface area contributed by atoms with E-state index in [1.54, 1.807) is 0 Å². The molecule has 0 saturated carbocycles. The quantitative estimate of drug-likeness (QED) is 0.128. The van der Waals surface area contributed by atoms with E-state index in [0.717, 1.165) is 64.8 Å². The number of aryl methyl sites for hydroxylation is 3. The first kappa shape index (κ1) is 36.7. The van der Waals surface area contributed by atoms with E-state index >= 15 is 0 Å². The van der Waals surface area contributed by atoms with Crippen molar-refractivity contribution in [2.45, 2.75) is 73.1 Å². The van der Waals surface area contributed by atoms with E-state index in [2.05, 4.69) is 136 Å². The summed E-state index contributed by atoms with van der Waals surface area (Å²) in [5.74, 6) is 3.13. The molecule has 272 valence electrons. The molecule has 1 aliphatic rings. The molecule has 1 aliphatic heterocycles.